The molecule has 0 radical (unpaired) electrons. The van der Waals surface area contributed by atoms with Gasteiger partial charge in [-0.25, -0.2) is 0 Å². The van der Waals surface area contributed by atoms with Crippen molar-refractivity contribution in [3.8, 4) is 0 Å². The molecule has 0 saturated carbocycles. The summed E-state index contributed by atoms with van der Waals surface area (Å²) in [5, 5.41) is 0. The van der Waals surface area contributed by atoms with E-state index >= 15 is 0 Å². The first kappa shape index (κ1) is 14.3. The smallest absolute Gasteiger partial charge is 0.00300 e. The van der Waals surface area contributed by atoms with E-state index in [4.69, 9.17) is 0 Å². The van der Waals surface area contributed by atoms with Crippen LogP contribution in [0.5, 0.6) is 0 Å². The molecule has 0 aromatic rings. The first-order valence-corrected chi connectivity index (χ1v) is 7.98. The topological polar surface area (TPSA) is 6.48 Å². The SMILES string of the molecule is CC(C)(C)CN1CCC(CN2CCCCC2)CC1. The van der Waals surface area contributed by atoms with Gasteiger partial charge in [-0.3, -0.25) is 0 Å². The van der Waals surface area contributed by atoms with E-state index < -0.39 is 0 Å². The molecule has 2 nitrogen and oxygen atoms in total. The monoisotopic (exact) mass is 252 g/mol. The molecule has 0 atom stereocenters. The molecular formula is C16H32N2. The van der Waals surface area contributed by atoms with Crippen molar-refractivity contribution >= 4 is 0 Å². The quantitative estimate of drug-likeness (QED) is 0.761. The van der Waals surface area contributed by atoms with Crippen molar-refractivity contribution in [3.05, 3.63) is 0 Å². The predicted octanol–water partition coefficient (Wildman–Crippen LogP) is 3.23. The second kappa shape index (κ2) is 6.38. The molecule has 0 unspecified atom stereocenters. The third kappa shape index (κ3) is 4.89. The number of hydrogen-bond acceptors (Lipinski definition) is 2. The Bertz CT molecular complexity index is 230. The number of rotatable bonds is 3. The van der Waals surface area contributed by atoms with Crippen LogP contribution in [0.25, 0.3) is 0 Å². The van der Waals surface area contributed by atoms with E-state index in [1.54, 1.807) is 0 Å². The minimum Gasteiger partial charge on any atom is -0.303 e. The van der Waals surface area contributed by atoms with Crippen LogP contribution in [0.4, 0.5) is 0 Å². The van der Waals surface area contributed by atoms with Gasteiger partial charge < -0.3 is 9.80 Å². The Morgan fingerprint density at radius 3 is 2.00 bits per heavy atom. The molecule has 0 aromatic heterocycles. The zero-order valence-corrected chi connectivity index (χ0v) is 12.7. The highest BCUT2D eigenvalue weighted by atomic mass is 15.2. The molecule has 0 N–H and O–H groups in total. The maximum absolute atomic E-state index is 2.72. The highest BCUT2D eigenvalue weighted by Crippen LogP contribution is 2.23. The number of piperidine rings is 2. The Kier molecular flexibility index (Phi) is 5.08. The molecule has 0 spiro atoms. The highest BCUT2D eigenvalue weighted by molar-refractivity contribution is 4.78. The molecule has 0 bridgehead atoms. The van der Waals surface area contributed by atoms with Gasteiger partial charge >= 0.3 is 0 Å². The summed E-state index contributed by atoms with van der Waals surface area (Å²) in [6.45, 7) is 15.1. The summed E-state index contributed by atoms with van der Waals surface area (Å²) in [5.74, 6) is 0.972. The van der Waals surface area contributed by atoms with Gasteiger partial charge in [-0.15, -0.1) is 0 Å². The first-order chi connectivity index (χ1) is 8.53. The Balaban J connectivity index is 1.66. The van der Waals surface area contributed by atoms with Gasteiger partial charge in [-0.05, 0) is 63.2 Å². The third-order valence-corrected chi connectivity index (χ3v) is 4.37. The summed E-state index contributed by atoms with van der Waals surface area (Å²) in [7, 11) is 0. The molecule has 2 aliphatic heterocycles. The van der Waals surface area contributed by atoms with Crippen molar-refractivity contribution in [2.24, 2.45) is 11.3 Å². The second-order valence-electron chi connectivity index (χ2n) is 7.64. The van der Waals surface area contributed by atoms with Gasteiger partial charge in [0, 0.05) is 13.1 Å². The number of hydrogen-bond donors (Lipinski definition) is 0. The molecule has 2 saturated heterocycles. The third-order valence-electron chi connectivity index (χ3n) is 4.37. The number of nitrogens with zero attached hydrogens (tertiary/aromatic N) is 2. The Morgan fingerprint density at radius 1 is 0.833 bits per heavy atom. The average Bonchev–Trinajstić information content (AvgIpc) is 2.31. The van der Waals surface area contributed by atoms with E-state index in [2.05, 4.69) is 30.6 Å². The van der Waals surface area contributed by atoms with Crippen LogP contribution in [0.2, 0.25) is 0 Å². The van der Waals surface area contributed by atoms with Crippen LogP contribution in [0.3, 0.4) is 0 Å². The molecule has 2 rings (SSSR count). The first-order valence-electron chi connectivity index (χ1n) is 7.98. The fraction of sp³-hybridized carbons (Fsp3) is 1.00. The van der Waals surface area contributed by atoms with Crippen LogP contribution in [0, 0.1) is 11.3 Å². The van der Waals surface area contributed by atoms with Crippen LogP contribution in [0.15, 0.2) is 0 Å². The van der Waals surface area contributed by atoms with Gasteiger partial charge in [0.2, 0.25) is 0 Å². The summed E-state index contributed by atoms with van der Waals surface area (Å²) in [4.78, 5) is 5.39. The van der Waals surface area contributed by atoms with Crippen molar-refractivity contribution in [1.29, 1.82) is 0 Å². The van der Waals surface area contributed by atoms with Crippen molar-refractivity contribution in [2.75, 3.05) is 39.3 Å². The minimum atomic E-state index is 0.458. The molecule has 2 heterocycles. The van der Waals surface area contributed by atoms with Crippen LogP contribution < -0.4 is 0 Å². The summed E-state index contributed by atoms with van der Waals surface area (Å²) in [5.41, 5.74) is 0.458. The van der Waals surface area contributed by atoms with E-state index in [1.165, 1.54) is 71.4 Å². The molecule has 2 heteroatoms. The van der Waals surface area contributed by atoms with Crippen molar-refractivity contribution in [2.45, 2.75) is 52.9 Å². The van der Waals surface area contributed by atoms with Crippen molar-refractivity contribution < 1.29 is 0 Å². The second-order valence-corrected chi connectivity index (χ2v) is 7.64. The fourth-order valence-corrected chi connectivity index (χ4v) is 3.51. The van der Waals surface area contributed by atoms with Crippen molar-refractivity contribution in [3.63, 3.8) is 0 Å². The molecule has 0 amide bonds. The Hall–Kier alpha value is -0.0800. The van der Waals surface area contributed by atoms with Gasteiger partial charge in [0.15, 0.2) is 0 Å². The lowest BCUT2D eigenvalue weighted by atomic mass is 9.91. The number of likely N-dealkylation sites (tertiary alicyclic amines) is 2. The summed E-state index contributed by atoms with van der Waals surface area (Å²) >= 11 is 0. The predicted molar refractivity (Wildman–Crippen MR) is 78.9 cm³/mol. The van der Waals surface area contributed by atoms with Gasteiger partial charge in [0.25, 0.3) is 0 Å². The van der Waals surface area contributed by atoms with E-state index in [1.807, 2.05) is 0 Å². The maximum atomic E-state index is 2.72. The van der Waals surface area contributed by atoms with E-state index in [0.717, 1.165) is 5.92 Å². The summed E-state index contributed by atoms with van der Waals surface area (Å²) < 4.78 is 0. The Labute approximate surface area is 114 Å². The van der Waals surface area contributed by atoms with Crippen LogP contribution in [-0.4, -0.2) is 49.1 Å². The van der Waals surface area contributed by atoms with Gasteiger partial charge in [0.05, 0.1) is 0 Å². The van der Waals surface area contributed by atoms with E-state index in [9.17, 15) is 0 Å². The minimum absolute atomic E-state index is 0.458. The van der Waals surface area contributed by atoms with Gasteiger partial charge in [-0.2, -0.15) is 0 Å². The summed E-state index contributed by atoms with van der Waals surface area (Å²) in [6.07, 6.45) is 7.17. The molecule has 106 valence electrons. The zero-order chi connectivity index (χ0) is 13.0. The van der Waals surface area contributed by atoms with E-state index in [-0.39, 0.29) is 0 Å². The zero-order valence-electron chi connectivity index (χ0n) is 12.7. The van der Waals surface area contributed by atoms with Crippen LogP contribution in [0.1, 0.15) is 52.9 Å². The normalized spacial score (nSPS) is 25.5. The van der Waals surface area contributed by atoms with Gasteiger partial charge in [-0.1, -0.05) is 27.2 Å². The van der Waals surface area contributed by atoms with Crippen molar-refractivity contribution in [1.82, 2.24) is 9.80 Å². The molecule has 18 heavy (non-hydrogen) atoms. The fourth-order valence-electron chi connectivity index (χ4n) is 3.51. The van der Waals surface area contributed by atoms with Crippen LogP contribution >= 0.6 is 0 Å². The Morgan fingerprint density at radius 2 is 1.44 bits per heavy atom. The van der Waals surface area contributed by atoms with Crippen LogP contribution in [-0.2, 0) is 0 Å². The van der Waals surface area contributed by atoms with E-state index in [0.29, 0.717) is 5.41 Å². The molecular weight excluding hydrogens is 220 g/mol. The van der Waals surface area contributed by atoms with Gasteiger partial charge in [0.1, 0.15) is 0 Å². The lowest BCUT2D eigenvalue weighted by molar-refractivity contribution is 0.108. The summed E-state index contributed by atoms with van der Waals surface area (Å²) in [6, 6.07) is 0. The highest BCUT2D eigenvalue weighted by Gasteiger charge is 2.24. The maximum Gasteiger partial charge on any atom is 0.00300 e. The molecule has 0 aliphatic carbocycles. The largest absolute Gasteiger partial charge is 0.303 e. The average molecular weight is 252 g/mol. The standard InChI is InChI=1S/C16H32N2/c1-16(2,3)14-18-11-7-15(8-12-18)13-17-9-5-4-6-10-17/h15H,4-14H2,1-3H3. The molecule has 2 aliphatic rings. The lowest BCUT2D eigenvalue weighted by Gasteiger charge is -2.38. The molecule has 0 aromatic carbocycles. The molecule has 2 fully saturated rings. The lowest BCUT2D eigenvalue weighted by Crippen LogP contribution is -2.42.